The predicted molar refractivity (Wildman–Crippen MR) is 70.0 cm³/mol. The van der Waals surface area contributed by atoms with Crippen LogP contribution in [0.3, 0.4) is 0 Å². The van der Waals surface area contributed by atoms with Crippen LogP contribution in [0.1, 0.15) is 12.5 Å². The first-order chi connectivity index (χ1) is 8.13. The van der Waals surface area contributed by atoms with Crippen LogP contribution in [-0.2, 0) is 10.0 Å². The van der Waals surface area contributed by atoms with E-state index >= 15 is 0 Å². The summed E-state index contributed by atoms with van der Waals surface area (Å²) in [5.41, 5.74) is 5.76. The molecule has 0 aliphatic carbocycles. The van der Waals surface area contributed by atoms with Crippen molar-refractivity contribution in [3.8, 4) is 0 Å². The van der Waals surface area contributed by atoms with Gasteiger partial charge in [-0.05, 0) is 31.5 Å². The molecule has 1 aromatic rings. The molecule has 0 unspecified atom stereocenters. The first kappa shape index (κ1) is 13.6. The maximum Gasteiger partial charge on any atom is 0.243 e. The second-order valence-electron chi connectivity index (χ2n) is 4.89. The molecule has 1 aliphatic heterocycles. The van der Waals surface area contributed by atoms with E-state index in [1.807, 2.05) is 0 Å². The number of sulfonamides is 1. The number of rotatable bonds is 2. The summed E-state index contributed by atoms with van der Waals surface area (Å²) in [7, 11) is -3.63. The Morgan fingerprint density at radius 3 is 2.44 bits per heavy atom. The number of halogens is 1. The highest BCUT2D eigenvalue weighted by atomic mass is 35.5. The lowest BCUT2D eigenvalue weighted by Crippen LogP contribution is -2.61. The molecule has 0 spiro atoms. The van der Waals surface area contributed by atoms with Gasteiger partial charge in [0.25, 0.3) is 0 Å². The number of hydrogen-bond acceptors (Lipinski definition) is 4. The molecule has 1 saturated heterocycles. The van der Waals surface area contributed by atoms with Crippen molar-refractivity contribution >= 4 is 27.3 Å². The summed E-state index contributed by atoms with van der Waals surface area (Å²) in [6, 6.07) is 2.78. The van der Waals surface area contributed by atoms with Crippen LogP contribution < -0.4 is 5.73 Å². The van der Waals surface area contributed by atoms with Crippen LogP contribution in [0, 0.1) is 6.92 Å². The van der Waals surface area contributed by atoms with Crippen molar-refractivity contribution < 1.29 is 13.5 Å². The molecule has 3 N–H and O–H groups in total. The van der Waals surface area contributed by atoms with Gasteiger partial charge in [0, 0.05) is 23.8 Å². The molecule has 0 bridgehead atoms. The van der Waals surface area contributed by atoms with Gasteiger partial charge < -0.3 is 10.8 Å². The minimum absolute atomic E-state index is 0.0612. The minimum atomic E-state index is -3.63. The number of nitrogens with zero attached hydrogens (tertiary/aromatic N) is 1. The van der Waals surface area contributed by atoms with Crippen molar-refractivity contribution in [1.29, 1.82) is 0 Å². The largest absolute Gasteiger partial charge is 0.398 e. The van der Waals surface area contributed by atoms with E-state index in [1.54, 1.807) is 13.8 Å². The molecule has 7 heteroatoms. The van der Waals surface area contributed by atoms with Crippen LogP contribution in [0.4, 0.5) is 5.69 Å². The molecule has 100 valence electrons. The molecule has 5 nitrogen and oxygen atoms in total. The molecule has 18 heavy (non-hydrogen) atoms. The number of anilines is 1. The van der Waals surface area contributed by atoms with Crippen LogP contribution in [0.5, 0.6) is 0 Å². The monoisotopic (exact) mass is 290 g/mol. The Kier molecular flexibility index (Phi) is 3.09. The molecule has 1 fully saturated rings. The molecule has 0 amide bonds. The zero-order chi connectivity index (χ0) is 13.7. The molecule has 2 rings (SSSR count). The second kappa shape index (κ2) is 4.09. The van der Waals surface area contributed by atoms with Crippen LogP contribution in [-0.4, -0.2) is 36.5 Å². The fourth-order valence-corrected chi connectivity index (χ4v) is 3.88. The average molecular weight is 291 g/mol. The van der Waals surface area contributed by atoms with Crippen LogP contribution in [0.2, 0.25) is 5.02 Å². The van der Waals surface area contributed by atoms with Crippen molar-refractivity contribution in [1.82, 2.24) is 4.31 Å². The topological polar surface area (TPSA) is 83.6 Å². The normalized spacial score (nSPS) is 19.6. The summed E-state index contributed by atoms with van der Waals surface area (Å²) in [5.74, 6) is 0. The zero-order valence-electron chi connectivity index (χ0n) is 10.1. The Morgan fingerprint density at radius 2 is 2.00 bits per heavy atom. The van der Waals surface area contributed by atoms with Gasteiger partial charge in [0.1, 0.15) is 0 Å². The third-order valence-corrected chi connectivity index (χ3v) is 5.19. The SMILES string of the molecule is Cc1c(N)cc(S(=O)(=O)N2CC(C)(O)C2)cc1Cl. The molecule has 1 heterocycles. The molecular formula is C11H15ClN2O3S. The van der Waals surface area contributed by atoms with Crippen molar-refractivity contribution in [2.75, 3.05) is 18.8 Å². The number of hydrogen-bond donors (Lipinski definition) is 2. The molecule has 0 aromatic heterocycles. The summed E-state index contributed by atoms with van der Waals surface area (Å²) < 4.78 is 25.6. The van der Waals surface area contributed by atoms with Gasteiger partial charge in [0.15, 0.2) is 0 Å². The van der Waals surface area contributed by atoms with Crippen LogP contribution in [0.15, 0.2) is 17.0 Å². The highest BCUT2D eigenvalue weighted by Crippen LogP contribution is 2.31. The summed E-state index contributed by atoms with van der Waals surface area (Å²) in [6.07, 6.45) is 0. The smallest absolute Gasteiger partial charge is 0.243 e. The van der Waals surface area contributed by atoms with Gasteiger partial charge in [-0.15, -0.1) is 0 Å². The van der Waals surface area contributed by atoms with E-state index in [4.69, 9.17) is 17.3 Å². The quantitative estimate of drug-likeness (QED) is 0.796. The number of β-amino-alcohol motifs (C(OH)–C–C–N with tert-alkyl or cyclic N) is 1. The molecule has 0 saturated carbocycles. The number of nitrogen functional groups attached to an aromatic ring is 1. The van der Waals surface area contributed by atoms with Gasteiger partial charge in [-0.2, -0.15) is 4.31 Å². The van der Waals surface area contributed by atoms with E-state index in [-0.39, 0.29) is 18.0 Å². The predicted octanol–water partition coefficient (Wildman–Crippen LogP) is 0.986. The summed E-state index contributed by atoms with van der Waals surface area (Å²) in [5, 5.41) is 9.91. The van der Waals surface area contributed by atoms with Gasteiger partial charge in [0.05, 0.1) is 10.5 Å². The number of benzene rings is 1. The Bertz CT molecular complexity index is 567. The zero-order valence-corrected chi connectivity index (χ0v) is 11.7. The third kappa shape index (κ3) is 2.21. The standard InChI is InChI=1S/C11H15ClN2O3S/c1-7-9(12)3-8(4-10(7)13)18(16,17)14-5-11(2,15)6-14/h3-4,15H,5-6,13H2,1-2H3. The highest BCUT2D eigenvalue weighted by molar-refractivity contribution is 7.89. The lowest BCUT2D eigenvalue weighted by atomic mass is 10.0. The van der Waals surface area contributed by atoms with Crippen molar-refractivity contribution in [3.63, 3.8) is 0 Å². The van der Waals surface area contributed by atoms with Gasteiger partial charge in [-0.3, -0.25) is 0 Å². The van der Waals surface area contributed by atoms with E-state index in [9.17, 15) is 13.5 Å². The Labute approximate surface area is 111 Å². The summed E-state index contributed by atoms with van der Waals surface area (Å²) >= 11 is 5.93. The van der Waals surface area contributed by atoms with Gasteiger partial charge >= 0.3 is 0 Å². The third-order valence-electron chi connectivity index (χ3n) is 3.03. The highest BCUT2D eigenvalue weighted by Gasteiger charge is 2.44. The van der Waals surface area contributed by atoms with Crippen molar-refractivity contribution in [2.45, 2.75) is 24.3 Å². The van der Waals surface area contributed by atoms with E-state index in [1.165, 1.54) is 16.4 Å². The van der Waals surface area contributed by atoms with E-state index in [2.05, 4.69) is 0 Å². The van der Waals surface area contributed by atoms with Crippen molar-refractivity contribution in [2.24, 2.45) is 0 Å². The van der Waals surface area contributed by atoms with Crippen molar-refractivity contribution in [3.05, 3.63) is 22.7 Å². The molecule has 1 aliphatic rings. The fraction of sp³-hybridized carbons (Fsp3) is 0.455. The fourth-order valence-electron chi connectivity index (χ4n) is 1.86. The lowest BCUT2D eigenvalue weighted by Gasteiger charge is -2.42. The molecule has 0 radical (unpaired) electrons. The lowest BCUT2D eigenvalue weighted by molar-refractivity contribution is -0.0426. The number of aliphatic hydroxyl groups is 1. The van der Waals surface area contributed by atoms with Gasteiger partial charge in [-0.25, -0.2) is 8.42 Å². The van der Waals surface area contributed by atoms with Gasteiger partial charge in [0.2, 0.25) is 10.0 Å². The number of nitrogens with two attached hydrogens (primary N) is 1. The second-order valence-corrected chi connectivity index (χ2v) is 7.23. The average Bonchev–Trinajstić information content (AvgIpc) is 2.21. The maximum atomic E-state index is 12.2. The summed E-state index contributed by atoms with van der Waals surface area (Å²) in [6.45, 7) is 3.49. The van der Waals surface area contributed by atoms with E-state index < -0.39 is 15.6 Å². The van der Waals surface area contributed by atoms with E-state index in [0.717, 1.165) is 0 Å². The molecule has 0 atom stereocenters. The maximum absolute atomic E-state index is 12.2. The molecular weight excluding hydrogens is 276 g/mol. The first-order valence-corrected chi connectivity index (χ1v) is 7.23. The van der Waals surface area contributed by atoms with E-state index in [0.29, 0.717) is 16.3 Å². The van der Waals surface area contributed by atoms with Gasteiger partial charge in [-0.1, -0.05) is 11.6 Å². The minimum Gasteiger partial charge on any atom is -0.398 e. The van der Waals surface area contributed by atoms with Crippen LogP contribution in [0.25, 0.3) is 0 Å². The molecule has 1 aromatic carbocycles. The Hall–Kier alpha value is -0.820. The Morgan fingerprint density at radius 1 is 1.44 bits per heavy atom. The summed E-state index contributed by atoms with van der Waals surface area (Å²) in [4.78, 5) is 0.0612. The Balaban J connectivity index is 2.38. The van der Waals surface area contributed by atoms with Crippen LogP contribution >= 0.6 is 11.6 Å². The first-order valence-electron chi connectivity index (χ1n) is 5.42.